The molecule has 1 N–H and O–H groups in total. The molecule has 1 aromatic carbocycles. The van der Waals surface area contributed by atoms with Gasteiger partial charge in [0, 0.05) is 30.6 Å². The first-order valence-electron chi connectivity index (χ1n) is 9.76. The van der Waals surface area contributed by atoms with Crippen LogP contribution in [0.5, 0.6) is 5.75 Å². The van der Waals surface area contributed by atoms with Crippen LogP contribution in [0.15, 0.2) is 23.0 Å². The summed E-state index contributed by atoms with van der Waals surface area (Å²) in [5, 5.41) is 0. The molecule has 136 valence electrons. The molecular formula is C21H25N3O2. The maximum atomic E-state index is 12.4. The Balaban J connectivity index is 1.43. The third kappa shape index (κ3) is 2.75. The van der Waals surface area contributed by atoms with Gasteiger partial charge in [0.1, 0.15) is 11.6 Å². The highest BCUT2D eigenvalue weighted by molar-refractivity contribution is 5.38. The molecule has 0 amide bonds. The second-order valence-electron chi connectivity index (χ2n) is 7.94. The summed E-state index contributed by atoms with van der Waals surface area (Å²) in [6, 6.07) is 7.59. The van der Waals surface area contributed by atoms with E-state index in [4.69, 9.17) is 4.74 Å². The van der Waals surface area contributed by atoms with Gasteiger partial charge in [-0.2, -0.15) is 0 Å². The standard InChI is InChI=1S/C21H25N3O2/c1-13-22-19-11-17-6-5-16(10-18(19)21(25)23-13)24(17)12-14-4-7-20-15(9-14)3-2-8-26-20/h4,7,9,16-17H,2-3,5-6,8,10-12H2,1H3,(H,22,23,25)/t16-,17-/m1/s1. The predicted octanol–water partition coefficient (Wildman–Crippen LogP) is 2.54. The number of rotatable bonds is 2. The van der Waals surface area contributed by atoms with E-state index >= 15 is 0 Å². The SMILES string of the molecule is Cc1nc2c(c(=O)[nH]1)C[C@H]1CC[C@H](C2)N1Cc1ccc2c(c1)CCCO2. The van der Waals surface area contributed by atoms with Crippen LogP contribution in [0.3, 0.4) is 0 Å². The predicted molar refractivity (Wildman–Crippen MR) is 99.6 cm³/mol. The van der Waals surface area contributed by atoms with Crippen LogP contribution < -0.4 is 10.3 Å². The van der Waals surface area contributed by atoms with E-state index in [2.05, 4.69) is 33.1 Å². The van der Waals surface area contributed by atoms with Gasteiger partial charge in [0.05, 0.1) is 12.3 Å². The number of hydrogen-bond donors (Lipinski definition) is 1. The Kier molecular flexibility index (Phi) is 3.85. The fraction of sp³-hybridized carbons (Fsp3) is 0.524. The van der Waals surface area contributed by atoms with Crippen LogP contribution >= 0.6 is 0 Å². The zero-order valence-corrected chi connectivity index (χ0v) is 15.3. The summed E-state index contributed by atoms with van der Waals surface area (Å²) in [6.45, 7) is 3.66. The molecule has 0 unspecified atom stereocenters. The molecule has 0 spiro atoms. The van der Waals surface area contributed by atoms with Gasteiger partial charge in [-0.15, -0.1) is 0 Å². The summed E-state index contributed by atoms with van der Waals surface area (Å²) in [7, 11) is 0. The monoisotopic (exact) mass is 351 g/mol. The number of H-pyrrole nitrogens is 1. The quantitative estimate of drug-likeness (QED) is 0.903. The van der Waals surface area contributed by atoms with Crippen molar-refractivity contribution in [2.75, 3.05) is 6.61 Å². The number of nitrogens with one attached hydrogen (secondary N) is 1. The molecule has 5 nitrogen and oxygen atoms in total. The van der Waals surface area contributed by atoms with Crippen molar-refractivity contribution in [3.8, 4) is 5.75 Å². The van der Waals surface area contributed by atoms with Crippen molar-refractivity contribution in [2.45, 2.75) is 64.1 Å². The van der Waals surface area contributed by atoms with E-state index in [1.165, 1.54) is 24.0 Å². The van der Waals surface area contributed by atoms with Crippen molar-refractivity contribution in [2.24, 2.45) is 0 Å². The Morgan fingerprint density at radius 3 is 3.00 bits per heavy atom. The summed E-state index contributed by atoms with van der Waals surface area (Å²) < 4.78 is 5.75. The number of aryl methyl sites for hydroxylation is 2. The summed E-state index contributed by atoms with van der Waals surface area (Å²) in [6.07, 6.45) is 6.30. The number of ether oxygens (including phenoxy) is 1. The van der Waals surface area contributed by atoms with Gasteiger partial charge in [-0.25, -0.2) is 4.98 Å². The van der Waals surface area contributed by atoms with Gasteiger partial charge in [0.2, 0.25) is 0 Å². The maximum absolute atomic E-state index is 12.4. The fourth-order valence-electron chi connectivity index (χ4n) is 4.94. The minimum atomic E-state index is 0.0610. The van der Waals surface area contributed by atoms with Crippen LogP contribution in [-0.2, 0) is 25.8 Å². The average molecular weight is 351 g/mol. The molecule has 4 heterocycles. The lowest BCUT2D eigenvalue weighted by atomic mass is 9.98. The summed E-state index contributed by atoms with van der Waals surface area (Å²) >= 11 is 0. The van der Waals surface area contributed by atoms with E-state index < -0.39 is 0 Å². The third-order valence-electron chi connectivity index (χ3n) is 6.20. The van der Waals surface area contributed by atoms with Crippen LogP contribution in [0.1, 0.15) is 47.5 Å². The van der Waals surface area contributed by atoms with Gasteiger partial charge >= 0.3 is 0 Å². The van der Waals surface area contributed by atoms with Crippen molar-refractivity contribution in [1.82, 2.24) is 14.9 Å². The second kappa shape index (κ2) is 6.23. The van der Waals surface area contributed by atoms with E-state index in [-0.39, 0.29) is 5.56 Å². The van der Waals surface area contributed by atoms with Gasteiger partial charge in [-0.05, 0) is 56.2 Å². The molecule has 1 aromatic heterocycles. The topological polar surface area (TPSA) is 58.2 Å². The molecule has 3 aliphatic heterocycles. The van der Waals surface area contributed by atoms with Crippen LogP contribution in [0.25, 0.3) is 0 Å². The summed E-state index contributed by atoms with van der Waals surface area (Å²) in [5.74, 6) is 1.78. The third-order valence-corrected chi connectivity index (χ3v) is 6.20. The first-order valence-corrected chi connectivity index (χ1v) is 9.76. The van der Waals surface area contributed by atoms with Gasteiger partial charge in [-0.1, -0.05) is 12.1 Å². The number of aromatic amines is 1. The largest absolute Gasteiger partial charge is 0.493 e. The van der Waals surface area contributed by atoms with Crippen molar-refractivity contribution < 1.29 is 4.74 Å². The molecule has 26 heavy (non-hydrogen) atoms. The van der Waals surface area contributed by atoms with Gasteiger partial charge in [0.25, 0.3) is 5.56 Å². The Morgan fingerprint density at radius 2 is 2.12 bits per heavy atom. The lowest BCUT2D eigenvalue weighted by molar-refractivity contribution is 0.187. The van der Waals surface area contributed by atoms with Crippen LogP contribution in [0, 0.1) is 6.92 Å². The molecule has 0 saturated carbocycles. The molecule has 5 rings (SSSR count). The van der Waals surface area contributed by atoms with Gasteiger partial charge < -0.3 is 9.72 Å². The van der Waals surface area contributed by atoms with E-state index in [1.54, 1.807) is 0 Å². The van der Waals surface area contributed by atoms with Crippen molar-refractivity contribution in [1.29, 1.82) is 0 Å². The van der Waals surface area contributed by atoms with Crippen LogP contribution in [0.4, 0.5) is 0 Å². The molecule has 2 aromatic rings. The molecule has 0 radical (unpaired) electrons. The normalized spacial score (nSPS) is 24.5. The Morgan fingerprint density at radius 1 is 1.27 bits per heavy atom. The summed E-state index contributed by atoms with van der Waals surface area (Å²) in [4.78, 5) is 22.6. The molecule has 1 fully saturated rings. The highest BCUT2D eigenvalue weighted by atomic mass is 16.5. The van der Waals surface area contributed by atoms with E-state index in [0.29, 0.717) is 12.1 Å². The second-order valence-corrected chi connectivity index (χ2v) is 7.94. The molecule has 3 aliphatic rings. The van der Waals surface area contributed by atoms with E-state index in [9.17, 15) is 4.79 Å². The van der Waals surface area contributed by atoms with Crippen LogP contribution in [-0.4, -0.2) is 33.6 Å². The molecule has 0 aliphatic carbocycles. The average Bonchev–Trinajstić information content (AvgIpc) is 2.90. The molecule has 2 bridgehead atoms. The molecule has 5 heteroatoms. The zero-order chi connectivity index (χ0) is 17.7. The Labute approximate surface area is 153 Å². The van der Waals surface area contributed by atoms with Crippen molar-refractivity contribution in [3.05, 3.63) is 56.8 Å². The first-order chi connectivity index (χ1) is 12.7. The Bertz CT molecular complexity index is 905. The Hall–Kier alpha value is -2.14. The van der Waals surface area contributed by atoms with Gasteiger partial charge in [0.15, 0.2) is 0 Å². The van der Waals surface area contributed by atoms with E-state index in [1.807, 2.05) is 6.92 Å². The highest BCUT2D eigenvalue weighted by Gasteiger charge is 2.38. The summed E-state index contributed by atoms with van der Waals surface area (Å²) in [5.41, 5.74) is 4.68. The number of hydrogen-bond acceptors (Lipinski definition) is 4. The zero-order valence-electron chi connectivity index (χ0n) is 15.3. The lowest BCUT2D eigenvalue weighted by Crippen LogP contribution is -2.36. The smallest absolute Gasteiger partial charge is 0.254 e. The number of benzene rings is 1. The minimum Gasteiger partial charge on any atom is -0.493 e. The molecular weight excluding hydrogens is 326 g/mol. The number of nitrogens with zero attached hydrogens (tertiary/aromatic N) is 2. The number of fused-ring (bicyclic) bond motifs is 4. The highest BCUT2D eigenvalue weighted by Crippen LogP contribution is 2.34. The van der Waals surface area contributed by atoms with E-state index in [0.717, 1.165) is 61.7 Å². The maximum Gasteiger partial charge on any atom is 0.254 e. The van der Waals surface area contributed by atoms with Crippen molar-refractivity contribution >= 4 is 0 Å². The fourth-order valence-corrected chi connectivity index (χ4v) is 4.94. The lowest BCUT2D eigenvalue weighted by Gasteiger charge is -2.28. The van der Waals surface area contributed by atoms with Crippen molar-refractivity contribution in [3.63, 3.8) is 0 Å². The molecule has 1 saturated heterocycles. The van der Waals surface area contributed by atoms with Crippen LogP contribution in [0.2, 0.25) is 0 Å². The van der Waals surface area contributed by atoms with Gasteiger partial charge in [-0.3, -0.25) is 9.69 Å². The molecule has 2 atom stereocenters. The minimum absolute atomic E-state index is 0.0610. The first kappa shape index (κ1) is 16.1. The number of aromatic nitrogens is 2.